The van der Waals surface area contributed by atoms with Crippen molar-refractivity contribution in [3.8, 4) is 0 Å². The van der Waals surface area contributed by atoms with Gasteiger partial charge in [-0.2, -0.15) is 0 Å². The van der Waals surface area contributed by atoms with E-state index in [4.69, 9.17) is 4.74 Å². The number of nitrogens with zero attached hydrogens (tertiary/aromatic N) is 1. The second kappa shape index (κ2) is 8.06. The van der Waals surface area contributed by atoms with Gasteiger partial charge in [0.15, 0.2) is 5.78 Å². The van der Waals surface area contributed by atoms with Crippen molar-refractivity contribution in [2.75, 3.05) is 13.2 Å². The fourth-order valence-corrected chi connectivity index (χ4v) is 3.45. The topological polar surface area (TPSA) is 46.6 Å². The van der Waals surface area contributed by atoms with Crippen LogP contribution in [-0.4, -0.2) is 41.9 Å². The van der Waals surface area contributed by atoms with Crippen molar-refractivity contribution in [1.29, 1.82) is 0 Å². The molecule has 3 unspecified atom stereocenters. The molecule has 2 rings (SSSR count). The number of esters is 1. The number of likely N-dealkylation sites (tertiary alicyclic amines) is 1. The number of hydrogen-bond acceptors (Lipinski definition) is 4. The average Bonchev–Trinajstić information content (AvgIpc) is 2.83. The molecule has 3 atom stereocenters. The molecule has 1 aromatic rings. The van der Waals surface area contributed by atoms with E-state index in [-0.39, 0.29) is 29.8 Å². The molecular formula is C19H25NO3. The molecule has 1 saturated heterocycles. The molecule has 0 aromatic heterocycles. The number of rotatable bonds is 7. The number of hydrogen-bond donors (Lipinski definition) is 0. The highest BCUT2D eigenvalue weighted by Gasteiger charge is 2.43. The Kier molecular flexibility index (Phi) is 6.11. The summed E-state index contributed by atoms with van der Waals surface area (Å²) in [7, 11) is 0. The number of ketones is 1. The second-order valence-electron chi connectivity index (χ2n) is 6.04. The van der Waals surface area contributed by atoms with Gasteiger partial charge in [0.2, 0.25) is 0 Å². The molecule has 0 N–H and O–H groups in total. The summed E-state index contributed by atoms with van der Waals surface area (Å²) in [6.45, 7) is 8.66. The lowest BCUT2D eigenvalue weighted by Crippen LogP contribution is -2.43. The summed E-state index contributed by atoms with van der Waals surface area (Å²) in [4.78, 5) is 26.9. The van der Waals surface area contributed by atoms with E-state index < -0.39 is 0 Å². The van der Waals surface area contributed by atoms with Crippen LogP contribution in [0.25, 0.3) is 0 Å². The summed E-state index contributed by atoms with van der Waals surface area (Å²) in [5.74, 6) is 0.111. The molecule has 1 aliphatic heterocycles. The minimum Gasteiger partial charge on any atom is -0.466 e. The summed E-state index contributed by atoms with van der Waals surface area (Å²) in [6, 6.07) is 9.16. The summed E-state index contributed by atoms with van der Waals surface area (Å²) in [5.41, 5.74) is 0.718. The molecule has 0 bridgehead atoms. The molecule has 124 valence electrons. The lowest BCUT2D eigenvalue weighted by atomic mass is 9.94. The monoisotopic (exact) mass is 315 g/mol. The van der Waals surface area contributed by atoms with E-state index in [0.29, 0.717) is 19.6 Å². The zero-order chi connectivity index (χ0) is 16.8. The highest BCUT2D eigenvalue weighted by Crippen LogP contribution is 2.33. The molecule has 0 radical (unpaired) electrons. The maximum Gasteiger partial charge on any atom is 0.307 e. The number of carbonyl (C=O) groups excluding carboxylic acids is 2. The summed E-state index contributed by atoms with van der Waals surface area (Å²) >= 11 is 0. The van der Waals surface area contributed by atoms with Crippen molar-refractivity contribution in [1.82, 2.24) is 4.90 Å². The third-order valence-corrected chi connectivity index (χ3v) is 4.38. The molecule has 0 spiro atoms. The van der Waals surface area contributed by atoms with Crippen molar-refractivity contribution in [3.63, 3.8) is 0 Å². The third kappa shape index (κ3) is 4.08. The zero-order valence-electron chi connectivity index (χ0n) is 13.9. The standard InChI is InChI=1S/C19H25NO3/c1-4-11-20-16(13-17(21)23-5-2)12-14(3)18(20)19(22)15-9-7-6-8-10-15/h4,6-10,14,16,18H,1,5,11-13H2,2-3H3. The van der Waals surface area contributed by atoms with Gasteiger partial charge in [-0.3, -0.25) is 14.5 Å². The van der Waals surface area contributed by atoms with Gasteiger partial charge in [-0.25, -0.2) is 0 Å². The predicted molar refractivity (Wildman–Crippen MR) is 90.3 cm³/mol. The van der Waals surface area contributed by atoms with Gasteiger partial charge in [-0.15, -0.1) is 6.58 Å². The maximum absolute atomic E-state index is 12.9. The Morgan fingerprint density at radius 3 is 2.65 bits per heavy atom. The number of carbonyl (C=O) groups is 2. The summed E-state index contributed by atoms with van der Waals surface area (Å²) in [6.07, 6.45) is 2.93. The number of ether oxygens (including phenoxy) is 1. The first-order valence-electron chi connectivity index (χ1n) is 8.20. The first-order chi connectivity index (χ1) is 11.1. The van der Waals surface area contributed by atoms with Crippen LogP contribution in [-0.2, 0) is 9.53 Å². The Hall–Kier alpha value is -1.94. The van der Waals surface area contributed by atoms with E-state index in [1.807, 2.05) is 30.3 Å². The van der Waals surface area contributed by atoms with Crippen LogP contribution >= 0.6 is 0 Å². The molecule has 0 aliphatic carbocycles. The molecule has 1 aliphatic rings. The smallest absolute Gasteiger partial charge is 0.307 e. The number of benzene rings is 1. The second-order valence-corrected chi connectivity index (χ2v) is 6.04. The van der Waals surface area contributed by atoms with Crippen LogP contribution in [0.4, 0.5) is 0 Å². The Morgan fingerprint density at radius 2 is 2.04 bits per heavy atom. The average molecular weight is 315 g/mol. The van der Waals surface area contributed by atoms with Crippen LogP contribution in [0.15, 0.2) is 43.0 Å². The van der Waals surface area contributed by atoms with E-state index in [9.17, 15) is 9.59 Å². The molecule has 1 fully saturated rings. The Balaban J connectivity index is 2.19. The minimum absolute atomic E-state index is 0.0275. The van der Waals surface area contributed by atoms with Crippen molar-refractivity contribution >= 4 is 11.8 Å². The minimum atomic E-state index is -0.213. The van der Waals surface area contributed by atoms with Gasteiger partial charge in [0, 0.05) is 18.2 Å². The van der Waals surface area contributed by atoms with Gasteiger partial charge in [0.05, 0.1) is 19.1 Å². The van der Waals surface area contributed by atoms with Crippen LogP contribution < -0.4 is 0 Å². The van der Waals surface area contributed by atoms with E-state index in [0.717, 1.165) is 12.0 Å². The van der Waals surface area contributed by atoms with E-state index in [1.165, 1.54) is 0 Å². The van der Waals surface area contributed by atoms with Crippen molar-refractivity contribution < 1.29 is 14.3 Å². The van der Waals surface area contributed by atoms with E-state index >= 15 is 0 Å². The normalized spacial score (nSPS) is 24.3. The Bertz CT molecular complexity index is 555. The van der Waals surface area contributed by atoms with Crippen molar-refractivity contribution in [2.45, 2.75) is 38.8 Å². The third-order valence-electron chi connectivity index (χ3n) is 4.38. The predicted octanol–water partition coefficient (Wildman–Crippen LogP) is 3.09. The molecule has 0 amide bonds. The first-order valence-corrected chi connectivity index (χ1v) is 8.20. The first kappa shape index (κ1) is 17.4. The molecule has 1 heterocycles. The summed E-state index contributed by atoms with van der Waals surface area (Å²) in [5, 5.41) is 0. The van der Waals surface area contributed by atoms with Crippen molar-refractivity contribution in [3.05, 3.63) is 48.6 Å². The molecule has 4 heteroatoms. The maximum atomic E-state index is 12.9. The van der Waals surface area contributed by atoms with Gasteiger partial charge in [-0.05, 0) is 19.3 Å². The highest BCUT2D eigenvalue weighted by molar-refractivity contribution is 6.00. The van der Waals surface area contributed by atoms with Crippen LogP contribution in [0, 0.1) is 5.92 Å². The van der Waals surface area contributed by atoms with Crippen LogP contribution in [0.3, 0.4) is 0 Å². The van der Waals surface area contributed by atoms with Gasteiger partial charge in [-0.1, -0.05) is 43.3 Å². The van der Waals surface area contributed by atoms with Crippen LogP contribution in [0.2, 0.25) is 0 Å². The van der Waals surface area contributed by atoms with Gasteiger partial charge in [0.1, 0.15) is 0 Å². The number of Topliss-reactive ketones (excluding diaryl/α,β-unsaturated/α-hetero) is 1. The summed E-state index contributed by atoms with van der Waals surface area (Å²) < 4.78 is 5.07. The zero-order valence-corrected chi connectivity index (χ0v) is 13.9. The van der Waals surface area contributed by atoms with Crippen LogP contribution in [0.5, 0.6) is 0 Å². The Labute approximate surface area is 138 Å². The highest BCUT2D eigenvalue weighted by atomic mass is 16.5. The Morgan fingerprint density at radius 1 is 1.35 bits per heavy atom. The molecule has 1 aromatic carbocycles. The lowest BCUT2D eigenvalue weighted by Gasteiger charge is -2.28. The molecular weight excluding hydrogens is 290 g/mol. The van der Waals surface area contributed by atoms with Crippen molar-refractivity contribution in [2.24, 2.45) is 5.92 Å². The van der Waals surface area contributed by atoms with Gasteiger partial charge >= 0.3 is 5.97 Å². The lowest BCUT2D eigenvalue weighted by molar-refractivity contribution is -0.144. The molecule has 23 heavy (non-hydrogen) atoms. The molecule has 4 nitrogen and oxygen atoms in total. The SMILES string of the molecule is C=CCN1C(CC(=O)OCC)CC(C)C1C(=O)c1ccccc1. The van der Waals surface area contributed by atoms with E-state index in [1.54, 1.807) is 13.0 Å². The van der Waals surface area contributed by atoms with Gasteiger partial charge in [0.25, 0.3) is 0 Å². The fraction of sp³-hybridized carbons (Fsp3) is 0.474. The van der Waals surface area contributed by atoms with E-state index in [2.05, 4.69) is 18.4 Å². The fourth-order valence-electron chi connectivity index (χ4n) is 3.45. The van der Waals surface area contributed by atoms with Crippen LogP contribution in [0.1, 0.15) is 37.0 Å². The molecule has 0 saturated carbocycles. The quantitative estimate of drug-likeness (QED) is 0.441. The largest absolute Gasteiger partial charge is 0.466 e. The van der Waals surface area contributed by atoms with Gasteiger partial charge < -0.3 is 4.74 Å².